The molecule has 0 atom stereocenters. The average Bonchev–Trinajstić information content (AvgIpc) is 3.21. The molecule has 0 aliphatic heterocycles. The van der Waals surface area contributed by atoms with E-state index in [1.54, 1.807) is 11.8 Å². The normalized spacial score (nSPS) is 14.4. The second-order valence-corrected chi connectivity index (χ2v) is 5.43. The molecule has 1 rings (SSSR count). The second kappa shape index (κ2) is 8.95. The first kappa shape index (κ1) is 17.0. The van der Waals surface area contributed by atoms with Crippen LogP contribution in [0.25, 0.3) is 0 Å². The van der Waals surface area contributed by atoms with E-state index in [0.717, 1.165) is 19.3 Å². The molecule has 5 nitrogen and oxygen atoms in total. The number of nitrogens with zero attached hydrogens (tertiary/aromatic N) is 1. The van der Waals surface area contributed by atoms with E-state index in [1.165, 1.54) is 0 Å². The van der Waals surface area contributed by atoms with Crippen molar-refractivity contribution in [1.82, 2.24) is 4.90 Å². The zero-order chi connectivity index (χ0) is 15.0. The summed E-state index contributed by atoms with van der Waals surface area (Å²) in [5.41, 5.74) is 0. The van der Waals surface area contributed by atoms with Gasteiger partial charge in [-0.1, -0.05) is 0 Å². The van der Waals surface area contributed by atoms with Crippen molar-refractivity contribution in [2.45, 2.75) is 52.6 Å². The zero-order valence-corrected chi connectivity index (χ0v) is 12.9. The zero-order valence-electron chi connectivity index (χ0n) is 12.9. The van der Waals surface area contributed by atoms with Gasteiger partial charge in [0.05, 0.1) is 19.1 Å². The summed E-state index contributed by atoms with van der Waals surface area (Å²) in [6.45, 7) is 7.91. The Morgan fingerprint density at radius 3 is 2.50 bits per heavy atom. The molecule has 20 heavy (non-hydrogen) atoms. The van der Waals surface area contributed by atoms with Gasteiger partial charge in [0.25, 0.3) is 0 Å². The van der Waals surface area contributed by atoms with Crippen molar-refractivity contribution in [3.8, 4) is 0 Å². The van der Waals surface area contributed by atoms with Crippen molar-refractivity contribution in [3.63, 3.8) is 0 Å². The summed E-state index contributed by atoms with van der Waals surface area (Å²) >= 11 is 0. The van der Waals surface area contributed by atoms with Crippen LogP contribution in [0.1, 0.15) is 46.5 Å². The van der Waals surface area contributed by atoms with E-state index in [-0.39, 0.29) is 30.3 Å². The van der Waals surface area contributed by atoms with E-state index in [2.05, 4.69) is 0 Å². The summed E-state index contributed by atoms with van der Waals surface area (Å²) in [5, 5.41) is 0. The molecule has 0 saturated heterocycles. The predicted octanol–water partition coefficient (Wildman–Crippen LogP) is 1.99. The number of carbonyl (C=O) groups is 2. The van der Waals surface area contributed by atoms with Gasteiger partial charge in [-0.05, 0) is 40.0 Å². The Labute approximate surface area is 121 Å². The van der Waals surface area contributed by atoms with Crippen LogP contribution in [-0.2, 0) is 19.1 Å². The highest BCUT2D eigenvalue weighted by Crippen LogP contribution is 2.31. The predicted molar refractivity (Wildman–Crippen MR) is 76.3 cm³/mol. The maximum Gasteiger partial charge on any atom is 0.307 e. The number of amides is 1. The van der Waals surface area contributed by atoms with Crippen LogP contribution in [0.15, 0.2) is 0 Å². The Balaban J connectivity index is 2.31. The molecule has 5 heteroatoms. The van der Waals surface area contributed by atoms with Crippen molar-refractivity contribution in [3.05, 3.63) is 0 Å². The number of carbonyl (C=O) groups excluding carboxylic acids is 2. The molecule has 116 valence electrons. The van der Waals surface area contributed by atoms with Gasteiger partial charge in [-0.2, -0.15) is 0 Å². The molecule has 0 N–H and O–H groups in total. The fourth-order valence-corrected chi connectivity index (χ4v) is 1.95. The fourth-order valence-electron chi connectivity index (χ4n) is 1.95. The van der Waals surface area contributed by atoms with Crippen LogP contribution in [-0.4, -0.2) is 49.2 Å². The molecule has 0 aromatic heterocycles. The van der Waals surface area contributed by atoms with Gasteiger partial charge < -0.3 is 14.4 Å². The molecule has 0 heterocycles. The first-order valence-corrected chi connectivity index (χ1v) is 7.60. The molecule has 0 aromatic rings. The molecule has 0 bridgehead atoms. The number of hydrogen-bond donors (Lipinski definition) is 0. The molecular formula is C15H27NO4. The lowest BCUT2D eigenvalue weighted by atomic mass is 10.2. The van der Waals surface area contributed by atoms with Gasteiger partial charge in [0.15, 0.2) is 0 Å². The molecule has 0 aromatic carbocycles. The third kappa shape index (κ3) is 6.89. The lowest BCUT2D eigenvalue weighted by Crippen LogP contribution is -2.35. The number of hydrogen-bond acceptors (Lipinski definition) is 4. The smallest absolute Gasteiger partial charge is 0.307 e. The molecule has 1 fully saturated rings. The summed E-state index contributed by atoms with van der Waals surface area (Å²) in [6, 6.07) is 0. The van der Waals surface area contributed by atoms with Crippen molar-refractivity contribution in [2.24, 2.45) is 5.92 Å². The molecule has 1 amide bonds. The molecule has 1 saturated carbocycles. The minimum Gasteiger partial charge on any atom is -0.466 e. The molecule has 0 spiro atoms. The van der Waals surface area contributed by atoms with E-state index >= 15 is 0 Å². The van der Waals surface area contributed by atoms with Crippen LogP contribution >= 0.6 is 0 Å². The monoisotopic (exact) mass is 285 g/mol. The fraction of sp³-hybridized carbons (Fsp3) is 0.867. The number of esters is 1. The molecule has 0 unspecified atom stereocenters. The first-order chi connectivity index (χ1) is 9.54. The van der Waals surface area contributed by atoms with Crippen LogP contribution in [0.4, 0.5) is 0 Å². The summed E-state index contributed by atoms with van der Waals surface area (Å²) in [4.78, 5) is 25.3. The summed E-state index contributed by atoms with van der Waals surface area (Å²) in [5.74, 6) is 0.126. The third-order valence-corrected chi connectivity index (χ3v) is 3.15. The number of ether oxygens (including phenoxy) is 2. The van der Waals surface area contributed by atoms with Crippen LogP contribution in [0.5, 0.6) is 0 Å². The topological polar surface area (TPSA) is 55.8 Å². The van der Waals surface area contributed by atoms with Crippen molar-refractivity contribution in [2.75, 3.05) is 26.3 Å². The van der Waals surface area contributed by atoms with E-state index in [0.29, 0.717) is 26.3 Å². The Kier molecular flexibility index (Phi) is 7.59. The Hall–Kier alpha value is -1.10. The molecule has 1 aliphatic carbocycles. The van der Waals surface area contributed by atoms with Gasteiger partial charge in [-0.15, -0.1) is 0 Å². The summed E-state index contributed by atoms with van der Waals surface area (Å²) < 4.78 is 10.4. The SMILES string of the molecule is CCOC(=O)CCN(CCCOC(C)C)C(=O)C1CC1. The Morgan fingerprint density at radius 1 is 1.25 bits per heavy atom. The van der Waals surface area contributed by atoms with E-state index in [4.69, 9.17) is 9.47 Å². The summed E-state index contributed by atoms with van der Waals surface area (Å²) in [6.07, 6.45) is 3.26. The van der Waals surface area contributed by atoms with Gasteiger partial charge >= 0.3 is 5.97 Å². The van der Waals surface area contributed by atoms with Gasteiger partial charge in [-0.25, -0.2) is 0 Å². The lowest BCUT2D eigenvalue weighted by molar-refractivity contribution is -0.144. The highest BCUT2D eigenvalue weighted by Gasteiger charge is 2.33. The van der Waals surface area contributed by atoms with Gasteiger partial charge in [0, 0.05) is 25.6 Å². The minimum absolute atomic E-state index is 0.179. The van der Waals surface area contributed by atoms with Gasteiger partial charge in [0.1, 0.15) is 0 Å². The van der Waals surface area contributed by atoms with E-state index < -0.39 is 0 Å². The third-order valence-electron chi connectivity index (χ3n) is 3.15. The van der Waals surface area contributed by atoms with Crippen LogP contribution in [0.2, 0.25) is 0 Å². The Morgan fingerprint density at radius 2 is 1.95 bits per heavy atom. The highest BCUT2D eigenvalue weighted by molar-refractivity contribution is 5.81. The summed E-state index contributed by atoms with van der Waals surface area (Å²) in [7, 11) is 0. The first-order valence-electron chi connectivity index (χ1n) is 7.60. The standard InChI is InChI=1S/C15H27NO4/c1-4-19-14(17)8-10-16(15(18)13-6-7-13)9-5-11-20-12(2)3/h12-13H,4-11H2,1-3H3. The van der Waals surface area contributed by atoms with Crippen molar-refractivity contribution < 1.29 is 19.1 Å². The maximum absolute atomic E-state index is 12.1. The van der Waals surface area contributed by atoms with Gasteiger partial charge in [0.2, 0.25) is 5.91 Å². The maximum atomic E-state index is 12.1. The van der Waals surface area contributed by atoms with Crippen molar-refractivity contribution in [1.29, 1.82) is 0 Å². The second-order valence-electron chi connectivity index (χ2n) is 5.43. The Bertz CT molecular complexity index is 313. The van der Waals surface area contributed by atoms with Crippen molar-refractivity contribution >= 4 is 11.9 Å². The largest absolute Gasteiger partial charge is 0.466 e. The molecular weight excluding hydrogens is 258 g/mol. The molecule has 0 radical (unpaired) electrons. The van der Waals surface area contributed by atoms with Crippen LogP contribution < -0.4 is 0 Å². The van der Waals surface area contributed by atoms with Crippen LogP contribution in [0.3, 0.4) is 0 Å². The molecule has 1 aliphatic rings. The van der Waals surface area contributed by atoms with E-state index in [1.807, 2.05) is 13.8 Å². The van der Waals surface area contributed by atoms with E-state index in [9.17, 15) is 9.59 Å². The minimum atomic E-state index is -0.237. The number of rotatable bonds is 10. The average molecular weight is 285 g/mol. The quantitative estimate of drug-likeness (QED) is 0.455. The lowest BCUT2D eigenvalue weighted by Gasteiger charge is -2.22. The van der Waals surface area contributed by atoms with Gasteiger partial charge in [-0.3, -0.25) is 9.59 Å². The van der Waals surface area contributed by atoms with Crippen LogP contribution in [0, 0.1) is 5.92 Å². The highest BCUT2D eigenvalue weighted by atomic mass is 16.5.